The molecule has 0 aliphatic heterocycles. The summed E-state index contributed by atoms with van der Waals surface area (Å²) in [4.78, 5) is 2.47. The molecule has 0 N–H and O–H groups in total. The number of para-hydroxylation sites is 2. The molecule has 0 fully saturated rings. The Morgan fingerprint density at radius 1 is 0.294 bits per heavy atom. The van der Waals surface area contributed by atoms with Crippen molar-refractivity contribution in [3.05, 3.63) is 253 Å². The van der Waals surface area contributed by atoms with Gasteiger partial charge in [-0.1, -0.05) is 173 Å². The number of fused-ring (bicyclic) bond motifs is 9. The first-order chi connectivity index (χ1) is 33.2. The zero-order valence-electron chi connectivity index (χ0n) is 38.8. The van der Waals surface area contributed by atoms with E-state index in [4.69, 9.17) is 0 Å². The van der Waals surface area contributed by atoms with Crippen molar-refractivity contribution >= 4 is 38.9 Å². The van der Waals surface area contributed by atoms with Crippen LogP contribution in [0.1, 0.15) is 49.9 Å². The van der Waals surface area contributed by atoms with Crippen molar-refractivity contribution in [3.63, 3.8) is 0 Å². The number of benzene rings is 10. The highest BCUT2D eigenvalue weighted by molar-refractivity contribution is 6.10. The zero-order chi connectivity index (χ0) is 45.7. The monoisotopic (exact) mass is 870 g/mol. The van der Waals surface area contributed by atoms with Crippen molar-refractivity contribution < 1.29 is 0 Å². The minimum Gasteiger partial charge on any atom is -0.310 e. The van der Waals surface area contributed by atoms with E-state index in [9.17, 15) is 0 Å². The van der Waals surface area contributed by atoms with Gasteiger partial charge >= 0.3 is 0 Å². The molecule has 2 aliphatic rings. The summed E-state index contributed by atoms with van der Waals surface area (Å²) in [6.07, 6.45) is 0. The molecule has 0 amide bonds. The Hall–Kier alpha value is -8.20. The maximum Gasteiger partial charge on any atom is 0.0541 e. The lowest BCUT2D eigenvalue weighted by atomic mass is 9.82. The smallest absolute Gasteiger partial charge is 0.0541 e. The molecule has 0 bridgehead atoms. The Bertz CT molecular complexity index is 3670. The summed E-state index contributed by atoms with van der Waals surface area (Å²) in [5.41, 5.74) is 24.7. The van der Waals surface area contributed by atoms with Crippen LogP contribution in [0.25, 0.3) is 83.1 Å². The molecule has 0 spiro atoms. The quantitative estimate of drug-likeness (QED) is 0.155. The van der Waals surface area contributed by atoms with Gasteiger partial charge in [0.15, 0.2) is 0 Å². The molecule has 1 aromatic heterocycles. The number of hydrogen-bond acceptors (Lipinski definition) is 1. The van der Waals surface area contributed by atoms with Crippen LogP contribution in [-0.2, 0) is 10.8 Å². The second kappa shape index (κ2) is 15.2. The Balaban J connectivity index is 0.944. The second-order valence-corrected chi connectivity index (χ2v) is 19.8. The lowest BCUT2D eigenvalue weighted by molar-refractivity contribution is 0.660. The van der Waals surface area contributed by atoms with Crippen LogP contribution in [0.4, 0.5) is 17.1 Å². The van der Waals surface area contributed by atoms with Crippen molar-refractivity contribution in [2.45, 2.75) is 38.5 Å². The predicted molar refractivity (Wildman–Crippen MR) is 287 cm³/mol. The van der Waals surface area contributed by atoms with Crippen LogP contribution in [-0.4, -0.2) is 4.57 Å². The molecular formula is C66H50N2. The maximum absolute atomic E-state index is 2.47. The zero-order valence-corrected chi connectivity index (χ0v) is 38.8. The number of nitrogens with zero attached hydrogens (tertiary/aromatic N) is 2. The van der Waals surface area contributed by atoms with E-state index in [0.717, 1.165) is 22.7 Å². The Morgan fingerprint density at radius 2 is 0.735 bits per heavy atom. The average molecular weight is 871 g/mol. The van der Waals surface area contributed by atoms with Crippen LogP contribution in [0.2, 0.25) is 0 Å². The van der Waals surface area contributed by atoms with Crippen molar-refractivity contribution in [1.82, 2.24) is 4.57 Å². The molecule has 68 heavy (non-hydrogen) atoms. The molecule has 13 rings (SSSR count). The van der Waals surface area contributed by atoms with Crippen LogP contribution < -0.4 is 4.90 Å². The highest BCUT2D eigenvalue weighted by atomic mass is 15.1. The normalized spacial score (nSPS) is 13.8. The molecule has 0 atom stereocenters. The number of anilines is 3. The molecule has 10 aromatic carbocycles. The Morgan fingerprint density at radius 3 is 1.34 bits per heavy atom. The first-order valence-corrected chi connectivity index (χ1v) is 23.9. The van der Waals surface area contributed by atoms with Crippen LogP contribution in [0, 0.1) is 0 Å². The summed E-state index contributed by atoms with van der Waals surface area (Å²) >= 11 is 0. The van der Waals surface area contributed by atoms with Crippen LogP contribution >= 0.6 is 0 Å². The molecule has 324 valence electrons. The minimum absolute atomic E-state index is 0.121. The van der Waals surface area contributed by atoms with E-state index in [1.807, 2.05) is 0 Å². The van der Waals surface area contributed by atoms with Gasteiger partial charge in [-0.15, -0.1) is 0 Å². The molecule has 0 saturated heterocycles. The molecule has 0 radical (unpaired) electrons. The molecule has 0 saturated carbocycles. The van der Waals surface area contributed by atoms with Gasteiger partial charge < -0.3 is 9.47 Å². The van der Waals surface area contributed by atoms with E-state index in [-0.39, 0.29) is 10.8 Å². The largest absolute Gasteiger partial charge is 0.310 e. The second-order valence-electron chi connectivity index (χ2n) is 19.8. The number of aromatic nitrogens is 1. The van der Waals surface area contributed by atoms with Gasteiger partial charge in [0.2, 0.25) is 0 Å². The van der Waals surface area contributed by atoms with E-state index in [2.05, 4.69) is 268 Å². The molecule has 2 heteroatoms. The predicted octanol–water partition coefficient (Wildman–Crippen LogP) is 17.9. The lowest BCUT2D eigenvalue weighted by Crippen LogP contribution is -2.18. The molecule has 0 unspecified atom stereocenters. The average Bonchev–Trinajstić information content (AvgIpc) is 3.93. The maximum atomic E-state index is 2.47. The van der Waals surface area contributed by atoms with Gasteiger partial charge in [-0.2, -0.15) is 0 Å². The summed E-state index contributed by atoms with van der Waals surface area (Å²) in [5.74, 6) is 0. The van der Waals surface area contributed by atoms with Crippen molar-refractivity contribution in [1.29, 1.82) is 0 Å². The van der Waals surface area contributed by atoms with Gasteiger partial charge in [0.25, 0.3) is 0 Å². The van der Waals surface area contributed by atoms with Crippen LogP contribution in [0.5, 0.6) is 0 Å². The van der Waals surface area contributed by atoms with Crippen LogP contribution in [0.3, 0.4) is 0 Å². The molecule has 11 aromatic rings. The molecule has 2 nitrogen and oxygen atoms in total. The first-order valence-electron chi connectivity index (χ1n) is 23.9. The third-order valence-corrected chi connectivity index (χ3v) is 15.2. The highest BCUT2D eigenvalue weighted by Crippen LogP contribution is 2.53. The topological polar surface area (TPSA) is 8.17 Å². The molecule has 2 aliphatic carbocycles. The number of rotatable bonds is 7. The third kappa shape index (κ3) is 6.17. The van der Waals surface area contributed by atoms with Crippen molar-refractivity contribution in [2.24, 2.45) is 0 Å². The van der Waals surface area contributed by atoms with E-state index >= 15 is 0 Å². The van der Waals surface area contributed by atoms with E-state index in [0.29, 0.717) is 0 Å². The Labute approximate surface area is 399 Å². The summed E-state index contributed by atoms with van der Waals surface area (Å²) in [5, 5.41) is 2.50. The molecular weight excluding hydrogens is 821 g/mol. The van der Waals surface area contributed by atoms with Crippen molar-refractivity contribution in [2.75, 3.05) is 4.90 Å². The highest BCUT2D eigenvalue weighted by Gasteiger charge is 2.37. The third-order valence-electron chi connectivity index (χ3n) is 15.2. The fourth-order valence-electron chi connectivity index (χ4n) is 11.7. The fraction of sp³-hybridized carbons (Fsp3) is 0.0909. The van der Waals surface area contributed by atoms with Gasteiger partial charge in [0, 0.05) is 44.4 Å². The molecule has 1 heterocycles. The lowest BCUT2D eigenvalue weighted by Gasteiger charge is -2.30. The van der Waals surface area contributed by atoms with Gasteiger partial charge in [0.05, 0.1) is 11.0 Å². The number of hydrogen-bond donors (Lipinski definition) is 0. The summed E-state index contributed by atoms with van der Waals surface area (Å²) in [7, 11) is 0. The standard InChI is InChI=1S/C66H50N2/c1-65(2)59-24-14-11-21-53(59)55-34-32-51(41-61(55)65)67(52-33-35-56-54-22-12-15-25-60(54)66(3,4)62(56)42-52)50-30-27-44(28-31-50)47-37-46(43-17-7-5-8-18-43)38-48(39-47)45-29-36-64-58(40-45)57-23-13-16-26-63(57)68(64)49-19-9-6-10-20-49/h5-42H,1-4H3. The summed E-state index contributed by atoms with van der Waals surface area (Å²) < 4.78 is 2.39. The first kappa shape index (κ1) is 40.1. The van der Waals surface area contributed by atoms with E-state index < -0.39 is 0 Å². The Kier molecular flexibility index (Phi) is 8.95. The fourth-order valence-corrected chi connectivity index (χ4v) is 11.7. The van der Waals surface area contributed by atoms with E-state index in [1.54, 1.807) is 0 Å². The van der Waals surface area contributed by atoms with Gasteiger partial charge in [0.1, 0.15) is 0 Å². The van der Waals surface area contributed by atoms with Gasteiger partial charge in [-0.25, -0.2) is 0 Å². The van der Waals surface area contributed by atoms with Gasteiger partial charge in [-0.05, 0) is 163 Å². The van der Waals surface area contributed by atoms with Crippen LogP contribution in [0.15, 0.2) is 231 Å². The summed E-state index contributed by atoms with van der Waals surface area (Å²) in [6.45, 7) is 9.48. The summed E-state index contributed by atoms with van der Waals surface area (Å²) in [6, 6.07) is 85.6. The van der Waals surface area contributed by atoms with Crippen molar-refractivity contribution in [3.8, 4) is 61.3 Å². The SMILES string of the molecule is CC1(C)c2ccccc2-c2ccc(N(c3ccc(-c4cc(-c5ccccc5)cc(-c5ccc6c(c5)c5ccccc5n6-c5ccccc5)c4)cc3)c3ccc4c(c3)C(C)(C)c3ccccc3-4)cc21. The minimum atomic E-state index is -0.121. The van der Waals surface area contributed by atoms with Gasteiger partial charge in [-0.3, -0.25) is 0 Å². The van der Waals surface area contributed by atoms with E-state index in [1.165, 1.54) is 99.7 Å².